The van der Waals surface area contributed by atoms with Gasteiger partial charge in [-0.25, -0.2) is 9.07 Å². The van der Waals surface area contributed by atoms with E-state index in [0.717, 1.165) is 24.3 Å². The Morgan fingerprint density at radius 1 is 0.932 bits per heavy atom. The number of nitrogens with one attached hydrogen (secondary N) is 1. The Morgan fingerprint density at radius 2 is 1.64 bits per heavy atom. The van der Waals surface area contributed by atoms with Gasteiger partial charge in [0.05, 0.1) is 18.7 Å². The lowest BCUT2D eigenvalue weighted by atomic mass is 10.0. The van der Waals surface area contributed by atoms with Gasteiger partial charge in [-0.05, 0) is 71.8 Å². The van der Waals surface area contributed by atoms with Gasteiger partial charge in [-0.3, -0.25) is 9.59 Å². The number of hydrogen-bond donors (Lipinski definition) is 1. The van der Waals surface area contributed by atoms with Crippen LogP contribution < -0.4 is 10.2 Å². The van der Waals surface area contributed by atoms with E-state index in [1.54, 1.807) is 24.3 Å². The Balaban J connectivity index is 1.33. The Hall–Kier alpha value is -4.80. The monoisotopic (exact) mass is 612 g/mol. The predicted molar refractivity (Wildman–Crippen MR) is 167 cm³/mol. The van der Waals surface area contributed by atoms with E-state index in [1.165, 1.54) is 33.8 Å². The molecule has 2 amide bonds. The summed E-state index contributed by atoms with van der Waals surface area (Å²) in [5, 5.41) is 11.9. The molecule has 0 bridgehead atoms. The summed E-state index contributed by atoms with van der Waals surface area (Å²) in [6.07, 6.45) is 0. The summed E-state index contributed by atoms with van der Waals surface area (Å²) >= 11 is 6.13. The third kappa shape index (κ3) is 6.72. The van der Waals surface area contributed by atoms with Crippen LogP contribution in [0.15, 0.2) is 97.1 Å². The maximum Gasteiger partial charge on any atom is 0.251 e. The number of para-hydroxylation sites is 1. The fourth-order valence-corrected chi connectivity index (χ4v) is 5.39. The molecule has 4 aromatic carbocycles. The van der Waals surface area contributed by atoms with Gasteiger partial charge in [0.15, 0.2) is 0 Å². The third-order valence-corrected chi connectivity index (χ3v) is 7.80. The van der Waals surface area contributed by atoms with E-state index < -0.39 is 17.8 Å². The Morgan fingerprint density at radius 3 is 2.36 bits per heavy atom. The maximum atomic E-state index is 14.1. The van der Waals surface area contributed by atoms with Crippen molar-refractivity contribution >= 4 is 45.8 Å². The number of anilines is 2. The summed E-state index contributed by atoms with van der Waals surface area (Å²) in [6.45, 7) is 2.85. The lowest BCUT2D eigenvalue weighted by Gasteiger charge is -2.32. The topological polar surface area (TPSA) is 92.6 Å². The van der Waals surface area contributed by atoms with Crippen molar-refractivity contribution in [3.05, 3.63) is 119 Å². The molecule has 5 aromatic rings. The second-order valence-electron chi connectivity index (χ2n) is 10.5. The summed E-state index contributed by atoms with van der Waals surface area (Å²) in [4.78, 5) is 31.9. The minimum atomic E-state index is -1.09. The number of fused-ring (bicyclic) bond motifs is 1. The minimum Gasteiger partial charge on any atom is -0.378 e. The first-order chi connectivity index (χ1) is 21.4. The van der Waals surface area contributed by atoms with Crippen molar-refractivity contribution in [2.75, 3.05) is 36.5 Å². The summed E-state index contributed by atoms with van der Waals surface area (Å²) in [6, 6.07) is 26.5. The fraction of sp³-hybridized carbons (Fsp3) is 0.212. The van der Waals surface area contributed by atoms with Gasteiger partial charge in [0.1, 0.15) is 23.9 Å². The Kier molecular flexibility index (Phi) is 8.81. The molecule has 11 heteroatoms. The summed E-state index contributed by atoms with van der Waals surface area (Å²) in [5.74, 6) is -1.26. The highest BCUT2D eigenvalue weighted by atomic mass is 35.5. The highest BCUT2D eigenvalue weighted by Crippen LogP contribution is 2.28. The summed E-state index contributed by atoms with van der Waals surface area (Å²) in [5.41, 5.74) is 4.16. The molecule has 1 fully saturated rings. The fourth-order valence-electron chi connectivity index (χ4n) is 5.27. The highest BCUT2D eigenvalue weighted by molar-refractivity contribution is 6.30. The second kappa shape index (κ2) is 13.2. The van der Waals surface area contributed by atoms with E-state index in [1.807, 2.05) is 48.5 Å². The van der Waals surface area contributed by atoms with Crippen molar-refractivity contribution in [1.29, 1.82) is 0 Å². The van der Waals surface area contributed by atoms with Crippen molar-refractivity contribution in [3.8, 4) is 0 Å². The standard InChI is InChI=1S/C33H30ClFN6O3/c34-25-9-5-23(6-10-25)21-40(31(42)22-41-30-4-2-1-3-29(30)37-38-41)32(24-7-11-26(35)12-8-24)33(43)36-27-13-15-28(16-14-27)39-17-19-44-20-18-39/h1-16,32H,17-22H2,(H,36,43). The van der Waals surface area contributed by atoms with Crippen molar-refractivity contribution in [3.63, 3.8) is 0 Å². The summed E-state index contributed by atoms with van der Waals surface area (Å²) in [7, 11) is 0. The Bertz CT molecular complexity index is 1740. The van der Waals surface area contributed by atoms with Crippen LogP contribution in [0.3, 0.4) is 0 Å². The molecule has 1 unspecified atom stereocenters. The number of halogens is 2. The molecule has 0 radical (unpaired) electrons. The molecule has 6 rings (SSSR count). The van der Waals surface area contributed by atoms with Crippen LogP contribution in [-0.4, -0.2) is 58.0 Å². The smallest absolute Gasteiger partial charge is 0.251 e. The number of ether oxygens (including phenoxy) is 1. The molecular formula is C33H30ClFN6O3. The van der Waals surface area contributed by atoms with Gasteiger partial charge in [0.2, 0.25) is 5.91 Å². The molecule has 0 aliphatic carbocycles. The van der Waals surface area contributed by atoms with Gasteiger partial charge in [0, 0.05) is 36.0 Å². The minimum absolute atomic E-state index is 0.0913. The van der Waals surface area contributed by atoms with E-state index in [9.17, 15) is 14.0 Å². The normalized spacial score (nSPS) is 13.9. The van der Waals surface area contributed by atoms with E-state index >= 15 is 0 Å². The molecule has 44 heavy (non-hydrogen) atoms. The number of hydrogen-bond acceptors (Lipinski definition) is 6. The first-order valence-electron chi connectivity index (χ1n) is 14.3. The number of carbonyl (C=O) groups excluding carboxylic acids is 2. The van der Waals surface area contributed by atoms with Gasteiger partial charge in [-0.15, -0.1) is 5.10 Å². The van der Waals surface area contributed by atoms with Crippen LogP contribution in [-0.2, 0) is 27.4 Å². The summed E-state index contributed by atoms with van der Waals surface area (Å²) < 4.78 is 21.0. The zero-order chi connectivity index (χ0) is 30.5. The van der Waals surface area contributed by atoms with Crippen LogP contribution in [0.2, 0.25) is 5.02 Å². The molecule has 2 heterocycles. The maximum absolute atomic E-state index is 14.1. The van der Waals surface area contributed by atoms with Crippen LogP contribution >= 0.6 is 11.6 Å². The lowest BCUT2D eigenvalue weighted by molar-refractivity contribution is -0.140. The number of amides is 2. The van der Waals surface area contributed by atoms with Crippen LogP contribution in [0.25, 0.3) is 11.0 Å². The molecule has 1 aliphatic heterocycles. The first-order valence-corrected chi connectivity index (χ1v) is 14.6. The number of aromatic nitrogens is 3. The molecule has 1 atom stereocenters. The van der Waals surface area contributed by atoms with Crippen LogP contribution in [0.5, 0.6) is 0 Å². The average Bonchev–Trinajstić information content (AvgIpc) is 3.46. The quantitative estimate of drug-likeness (QED) is 0.237. The van der Waals surface area contributed by atoms with Crippen molar-refractivity contribution in [2.24, 2.45) is 0 Å². The zero-order valence-corrected chi connectivity index (χ0v) is 24.5. The number of carbonyl (C=O) groups is 2. The number of benzene rings is 4. The van der Waals surface area contributed by atoms with Gasteiger partial charge in [0.25, 0.3) is 5.91 Å². The highest BCUT2D eigenvalue weighted by Gasteiger charge is 2.32. The molecule has 1 saturated heterocycles. The van der Waals surface area contributed by atoms with E-state index in [2.05, 4.69) is 20.5 Å². The number of rotatable bonds is 9. The zero-order valence-electron chi connectivity index (χ0n) is 23.8. The van der Waals surface area contributed by atoms with Crippen molar-refractivity contribution in [2.45, 2.75) is 19.1 Å². The second-order valence-corrected chi connectivity index (χ2v) is 10.9. The number of nitrogens with zero attached hydrogens (tertiary/aromatic N) is 5. The van der Waals surface area contributed by atoms with Crippen molar-refractivity contribution < 1.29 is 18.7 Å². The van der Waals surface area contributed by atoms with E-state index in [0.29, 0.717) is 40.5 Å². The molecule has 9 nitrogen and oxygen atoms in total. The van der Waals surface area contributed by atoms with E-state index in [4.69, 9.17) is 16.3 Å². The van der Waals surface area contributed by atoms with Crippen molar-refractivity contribution in [1.82, 2.24) is 19.9 Å². The molecule has 0 saturated carbocycles. The average molecular weight is 613 g/mol. The lowest BCUT2D eigenvalue weighted by Crippen LogP contribution is -2.42. The van der Waals surface area contributed by atoms with Gasteiger partial charge in [-0.2, -0.15) is 0 Å². The van der Waals surface area contributed by atoms with Crippen LogP contribution in [0.1, 0.15) is 17.2 Å². The third-order valence-electron chi connectivity index (χ3n) is 7.55. The molecular weight excluding hydrogens is 583 g/mol. The number of morpholine rings is 1. The van der Waals surface area contributed by atoms with Gasteiger partial charge >= 0.3 is 0 Å². The predicted octanol–water partition coefficient (Wildman–Crippen LogP) is 5.47. The molecule has 1 N–H and O–H groups in total. The molecule has 1 aliphatic rings. The molecule has 224 valence electrons. The Labute approximate surface area is 258 Å². The van der Waals surface area contributed by atoms with E-state index in [-0.39, 0.29) is 19.0 Å². The SMILES string of the molecule is O=C(Nc1ccc(N2CCOCC2)cc1)C(c1ccc(F)cc1)N(Cc1ccc(Cl)cc1)C(=O)Cn1nnc2ccccc21. The molecule has 0 spiro atoms. The largest absolute Gasteiger partial charge is 0.378 e. The van der Waals surface area contributed by atoms with Crippen LogP contribution in [0.4, 0.5) is 15.8 Å². The van der Waals surface area contributed by atoms with Gasteiger partial charge < -0.3 is 19.9 Å². The molecule has 1 aromatic heterocycles. The van der Waals surface area contributed by atoms with Crippen LogP contribution in [0, 0.1) is 5.82 Å². The van der Waals surface area contributed by atoms with Gasteiger partial charge in [-0.1, -0.05) is 53.2 Å². The first kappa shape index (κ1) is 29.3.